The number of allylic oxidation sites excluding steroid dienone is 1. The van der Waals surface area contributed by atoms with Crippen molar-refractivity contribution in [3.05, 3.63) is 79.1 Å². The summed E-state index contributed by atoms with van der Waals surface area (Å²) >= 11 is 16.0. The van der Waals surface area contributed by atoms with Crippen molar-refractivity contribution in [2.75, 3.05) is 16.8 Å². The summed E-state index contributed by atoms with van der Waals surface area (Å²) in [6, 6.07) is 10.2. The van der Waals surface area contributed by atoms with Gasteiger partial charge in [-0.1, -0.05) is 53.0 Å². The zero-order valence-corrected chi connectivity index (χ0v) is 23.5. The van der Waals surface area contributed by atoms with Gasteiger partial charge < -0.3 is 15.8 Å². The first-order chi connectivity index (χ1) is 17.4. The number of rotatable bonds is 3. The van der Waals surface area contributed by atoms with Crippen LogP contribution >= 0.6 is 39.1 Å². The molecule has 1 spiro atoms. The van der Waals surface area contributed by atoms with E-state index in [2.05, 4.69) is 21.2 Å². The van der Waals surface area contributed by atoms with Gasteiger partial charge in [-0.2, -0.15) is 0 Å². The molecular weight excluding hydrogens is 581 g/mol. The average Bonchev–Trinajstić information content (AvgIpc) is 3.06. The fraction of sp³-hybridized carbons (Fsp3) is 0.296. The number of hydrogen-bond acceptors (Lipinski definition) is 6. The number of Topliss-reactive ketones (excluding diaryl/α,β-unsaturated/α-hetero) is 1. The van der Waals surface area contributed by atoms with Crippen LogP contribution in [0.1, 0.15) is 39.2 Å². The number of nitrogens with two attached hydrogens (primary N) is 1. The minimum atomic E-state index is -1.77. The lowest BCUT2D eigenvalue weighted by molar-refractivity contribution is -0.140. The molecule has 5 rings (SSSR count). The van der Waals surface area contributed by atoms with Crippen LogP contribution in [0.2, 0.25) is 10.0 Å². The molecule has 7 nitrogen and oxygen atoms in total. The maximum absolute atomic E-state index is 14.0. The molecule has 1 aliphatic carbocycles. The Morgan fingerprint density at radius 3 is 2.54 bits per heavy atom. The van der Waals surface area contributed by atoms with Crippen molar-refractivity contribution in [2.24, 2.45) is 11.1 Å². The van der Waals surface area contributed by atoms with Crippen LogP contribution in [0.4, 0.5) is 11.4 Å². The number of ketones is 1. The summed E-state index contributed by atoms with van der Waals surface area (Å²) in [5, 5.41) is 3.50. The largest absolute Gasteiger partial charge is 0.462 e. The fourth-order valence-electron chi connectivity index (χ4n) is 5.63. The van der Waals surface area contributed by atoms with E-state index in [1.807, 2.05) is 13.8 Å². The van der Waals surface area contributed by atoms with Gasteiger partial charge in [0.15, 0.2) is 5.78 Å². The van der Waals surface area contributed by atoms with Gasteiger partial charge in [-0.25, -0.2) is 4.79 Å². The Bertz CT molecular complexity index is 1470. The molecule has 3 aliphatic rings. The molecule has 0 fully saturated rings. The topological polar surface area (TPSA) is 102 Å². The van der Waals surface area contributed by atoms with E-state index < -0.39 is 22.7 Å². The molecule has 10 heteroatoms. The number of nitrogens with one attached hydrogen (secondary N) is 1. The molecule has 192 valence electrons. The normalized spacial score (nSPS) is 22.3. The van der Waals surface area contributed by atoms with Crippen LogP contribution in [0, 0.1) is 5.41 Å². The summed E-state index contributed by atoms with van der Waals surface area (Å²) in [6.07, 6.45) is 0.610. The highest BCUT2D eigenvalue weighted by Crippen LogP contribution is 2.57. The number of fused-ring (bicyclic) bond motifs is 3. The SMILES string of the molecule is CCOC(=O)C1=C(N)N(c2ccc(Cl)c(Cl)c2)C2=C(C(=O)CC(C)(C)C2)C12C(=O)Nc1ccc(Br)cc12. The second kappa shape index (κ2) is 8.89. The molecular formula is C27H24BrCl2N3O4. The van der Waals surface area contributed by atoms with Gasteiger partial charge in [-0.15, -0.1) is 0 Å². The second-order valence-electron chi connectivity index (χ2n) is 10.1. The number of carbonyl (C=O) groups excluding carboxylic acids is 3. The standard InChI is InChI=1S/C27H24BrCl2N3O4/c1-4-37-24(35)22-23(31)33(14-6-7-16(29)17(30)10-14)19-11-26(2,3)12-20(34)21(19)27(22)15-9-13(28)5-8-18(15)32-25(27)36/h5-10H,4,11-12,31H2,1-3H3,(H,32,36). The molecule has 0 bridgehead atoms. The highest BCUT2D eigenvalue weighted by Gasteiger charge is 2.63. The molecule has 3 N–H and O–H groups in total. The van der Waals surface area contributed by atoms with Gasteiger partial charge >= 0.3 is 5.97 Å². The van der Waals surface area contributed by atoms with Gasteiger partial charge in [0, 0.05) is 39.1 Å². The van der Waals surface area contributed by atoms with E-state index in [1.54, 1.807) is 48.2 Å². The third-order valence-electron chi connectivity index (χ3n) is 6.98. The number of halogens is 3. The molecule has 0 saturated heterocycles. The summed E-state index contributed by atoms with van der Waals surface area (Å²) < 4.78 is 6.12. The number of hydrogen-bond donors (Lipinski definition) is 2. The Morgan fingerprint density at radius 2 is 1.86 bits per heavy atom. The van der Waals surface area contributed by atoms with Crippen LogP contribution in [-0.4, -0.2) is 24.3 Å². The number of ether oxygens (including phenoxy) is 1. The Hall–Kier alpha value is -2.81. The van der Waals surface area contributed by atoms with Crippen molar-refractivity contribution < 1.29 is 19.1 Å². The third kappa shape index (κ3) is 3.80. The summed E-state index contributed by atoms with van der Waals surface area (Å²) in [5.41, 5.74) is 6.73. The molecule has 2 aromatic rings. The van der Waals surface area contributed by atoms with Crippen molar-refractivity contribution in [2.45, 2.75) is 39.0 Å². The minimum absolute atomic E-state index is 0.0101. The average molecular weight is 605 g/mol. The van der Waals surface area contributed by atoms with Crippen LogP contribution in [0.5, 0.6) is 0 Å². The Balaban J connectivity index is 1.93. The predicted octanol–water partition coefficient (Wildman–Crippen LogP) is 5.84. The van der Waals surface area contributed by atoms with Crippen molar-refractivity contribution in [1.29, 1.82) is 0 Å². The molecule has 37 heavy (non-hydrogen) atoms. The van der Waals surface area contributed by atoms with Gasteiger partial charge in [0.2, 0.25) is 5.91 Å². The Kier molecular flexibility index (Phi) is 6.21. The molecule has 0 aromatic heterocycles. The third-order valence-corrected chi connectivity index (χ3v) is 8.22. The number of benzene rings is 2. The van der Waals surface area contributed by atoms with E-state index >= 15 is 0 Å². The fourth-order valence-corrected chi connectivity index (χ4v) is 6.28. The molecule has 1 atom stereocenters. The van der Waals surface area contributed by atoms with E-state index in [1.165, 1.54) is 0 Å². The highest BCUT2D eigenvalue weighted by atomic mass is 79.9. The zero-order valence-electron chi connectivity index (χ0n) is 20.4. The molecule has 2 heterocycles. The summed E-state index contributed by atoms with van der Waals surface area (Å²) in [6.45, 7) is 5.68. The molecule has 0 radical (unpaired) electrons. The predicted molar refractivity (Wildman–Crippen MR) is 146 cm³/mol. The number of esters is 1. The van der Waals surface area contributed by atoms with E-state index in [4.69, 9.17) is 33.7 Å². The first kappa shape index (κ1) is 25.8. The molecule has 2 aliphatic heterocycles. The number of carbonyl (C=O) groups is 3. The van der Waals surface area contributed by atoms with Crippen molar-refractivity contribution >= 4 is 68.2 Å². The minimum Gasteiger partial charge on any atom is -0.462 e. The summed E-state index contributed by atoms with van der Waals surface area (Å²) in [4.78, 5) is 43.4. The Labute approximate surface area is 232 Å². The highest BCUT2D eigenvalue weighted by molar-refractivity contribution is 9.10. The van der Waals surface area contributed by atoms with Gasteiger partial charge in [0.05, 0.1) is 16.7 Å². The van der Waals surface area contributed by atoms with Crippen LogP contribution in [0.25, 0.3) is 0 Å². The summed E-state index contributed by atoms with van der Waals surface area (Å²) in [5.74, 6) is -1.56. The first-order valence-corrected chi connectivity index (χ1v) is 13.3. The zero-order chi connectivity index (χ0) is 26.9. The number of amides is 1. The van der Waals surface area contributed by atoms with Crippen molar-refractivity contribution in [1.82, 2.24) is 0 Å². The summed E-state index contributed by atoms with van der Waals surface area (Å²) in [7, 11) is 0. The first-order valence-electron chi connectivity index (χ1n) is 11.7. The van der Waals surface area contributed by atoms with Crippen molar-refractivity contribution in [3.8, 4) is 0 Å². The molecule has 1 amide bonds. The Morgan fingerprint density at radius 1 is 1.14 bits per heavy atom. The number of nitrogens with zero attached hydrogens (tertiary/aromatic N) is 1. The van der Waals surface area contributed by atoms with Crippen LogP contribution < -0.4 is 16.0 Å². The smallest absolute Gasteiger partial charge is 0.339 e. The van der Waals surface area contributed by atoms with E-state index in [-0.39, 0.29) is 40.8 Å². The maximum atomic E-state index is 14.0. The second-order valence-corrected chi connectivity index (χ2v) is 11.8. The van der Waals surface area contributed by atoms with E-state index in [0.29, 0.717) is 38.6 Å². The molecule has 2 aromatic carbocycles. The van der Waals surface area contributed by atoms with Gasteiger partial charge in [-0.05, 0) is 55.2 Å². The van der Waals surface area contributed by atoms with Crippen LogP contribution in [0.15, 0.2) is 63.5 Å². The number of anilines is 2. The lowest BCUT2D eigenvalue weighted by Crippen LogP contribution is -2.54. The quantitative estimate of drug-likeness (QED) is 0.427. The lowest BCUT2D eigenvalue weighted by Gasteiger charge is -2.47. The van der Waals surface area contributed by atoms with Crippen molar-refractivity contribution in [3.63, 3.8) is 0 Å². The van der Waals surface area contributed by atoms with Crippen LogP contribution in [-0.2, 0) is 24.5 Å². The molecule has 1 unspecified atom stereocenters. The monoisotopic (exact) mass is 603 g/mol. The lowest BCUT2D eigenvalue weighted by atomic mass is 9.60. The van der Waals surface area contributed by atoms with Gasteiger partial charge in [0.1, 0.15) is 16.8 Å². The van der Waals surface area contributed by atoms with Gasteiger partial charge in [0.25, 0.3) is 0 Å². The van der Waals surface area contributed by atoms with E-state index in [9.17, 15) is 14.4 Å². The molecule has 0 saturated carbocycles. The van der Waals surface area contributed by atoms with E-state index in [0.717, 1.165) is 0 Å². The van der Waals surface area contributed by atoms with Gasteiger partial charge in [-0.3, -0.25) is 14.5 Å². The maximum Gasteiger partial charge on any atom is 0.339 e. The van der Waals surface area contributed by atoms with Crippen LogP contribution in [0.3, 0.4) is 0 Å².